The Hall–Kier alpha value is -0.770. The molecular formula is C12H22N2O2. The van der Waals surface area contributed by atoms with E-state index in [1.165, 1.54) is 0 Å². The minimum atomic E-state index is 0.129. The summed E-state index contributed by atoms with van der Waals surface area (Å²) in [5.41, 5.74) is 0. The van der Waals surface area contributed by atoms with E-state index >= 15 is 0 Å². The Morgan fingerprint density at radius 3 is 2.50 bits per heavy atom. The van der Waals surface area contributed by atoms with Crippen molar-refractivity contribution in [2.75, 3.05) is 13.7 Å². The summed E-state index contributed by atoms with van der Waals surface area (Å²) in [5, 5.41) is 2.98. The SMILES string of the molecule is CCCNC(=O)N1C2CCC1CC(OC)C2. The number of carbonyl (C=O) groups excluding carboxylic acids is 1. The van der Waals surface area contributed by atoms with E-state index < -0.39 is 0 Å². The van der Waals surface area contributed by atoms with Gasteiger partial charge in [-0.05, 0) is 32.1 Å². The Bertz CT molecular complexity index is 243. The molecule has 2 aliphatic rings. The predicted octanol–water partition coefficient (Wildman–Crippen LogP) is 1.75. The maximum absolute atomic E-state index is 12.0. The van der Waals surface area contributed by atoms with E-state index in [9.17, 15) is 4.79 Å². The van der Waals surface area contributed by atoms with Crippen molar-refractivity contribution >= 4 is 6.03 Å². The molecule has 0 aromatic carbocycles. The van der Waals surface area contributed by atoms with E-state index in [0.29, 0.717) is 18.2 Å². The number of methoxy groups -OCH3 is 1. The molecule has 2 aliphatic heterocycles. The van der Waals surface area contributed by atoms with Crippen molar-refractivity contribution in [2.24, 2.45) is 0 Å². The third kappa shape index (κ3) is 2.17. The Morgan fingerprint density at radius 1 is 1.38 bits per heavy atom. The van der Waals surface area contributed by atoms with Crippen molar-refractivity contribution in [1.82, 2.24) is 10.2 Å². The van der Waals surface area contributed by atoms with Crippen molar-refractivity contribution in [3.8, 4) is 0 Å². The van der Waals surface area contributed by atoms with Gasteiger partial charge in [0, 0.05) is 25.7 Å². The molecule has 2 saturated heterocycles. The Morgan fingerprint density at radius 2 is 2.00 bits per heavy atom. The van der Waals surface area contributed by atoms with Gasteiger partial charge in [0.2, 0.25) is 0 Å². The molecule has 2 rings (SSSR count). The number of carbonyl (C=O) groups is 1. The molecule has 0 aliphatic carbocycles. The van der Waals surface area contributed by atoms with Crippen LogP contribution in [0, 0.1) is 0 Å². The van der Waals surface area contributed by atoms with Crippen LogP contribution >= 0.6 is 0 Å². The van der Waals surface area contributed by atoms with Crippen LogP contribution in [0.5, 0.6) is 0 Å². The van der Waals surface area contributed by atoms with Gasteiger partial charge in [-0.25, -0.2) is 4.79 Å². The number of ether oxygens (including phenoxy) is 1. The molecule has 0 saturated carbocycles. The minimum Gasteiger partial charge on any atom is -0.381 e. The van der Waals surface area contributed by atoms with E-state index in [4.69, 9.17) is 4.74 Å². The first-order chi connectivity index (χ1) is 7.76. The fourth-order valence-electron chi connectivity index (χ4n) is 2.97. The number of nitrogens with zero attached hydrogens (tertiary/aromatic N) is 1. The molecule has 2 amide bonds. The van der Waals surface area contributed by atoms with Crippen LogP contribution in [0.4, 0.5) is 4.79 Å². The van der Waals surface area contributed by atoms with Crippen LogP contribution < -0.4 is 5.32 Å². The third-order valence-electron chi connectivity index (χ3n) is 3.78. The van der Waals surface area contributed by atoms with Gasteiger partial charge in [-0.15, -0.1) is 0 Å². The highest BCUT2D eigenvalue weighted by Crippen LogP contribution is 2.36. The number of urea groups is 1. The van der Waals surface area contributed by atoms with Crippen LogP contribution in [-0.2, 0) is 4.74 Å². The lowest BCUT2D eigenvalue weighted by molar-refractivity contribution is 0.0209. The highest BCUT2D eigenvalue weighted by molar-refractivity contribution is 5.75. The van der Waals surface area contributed by atoms with Gasteiger partial charge in [0.1, 0.15) is 0 Å². The van der Waals surface area contributed by atoms with Crippen molar-refractivity contribution in [1.29, 1.82) is 0 Å². The number of hydrogen-bond donors (Lipinski definition) is 1. The Kier molecular flexibility index (Phi) is 3.69. The summed E-state index contributed by atoms with van der Waals surface area (Å²) >= 11 is 0. The van der Waals surface area contributed by atoms with Gasteiger partial charge >= 0.3 is 6.03 Å². The maximum atomic E-state index is 12.0. The predicted molar refractivity (Wildman–Crippen MR) is 62.4 cm³/mol. The van der Waals surface area contributed by atoms with Crippen LogP contribution in [0.25, 0.3) is 0 Å². The summed E-state index contributed by atoms with van der Waals surface area (Å²) in [6, 6.07) is 0.935. The molecule has 92 valence electrons. The third-order valence-corrected chi connectivity index (χ3v) is 3.78. The van der Waals surface area contributed by atoms with Crippen LogP contribution in [0.1, 0.15) is 39.0 Å². The molecular weight excluding hydrogens is 204 g/mol. The van der Waals surface area contributed by atoms with E-state index in [1.54, 1.807) is 7.11 Å². The number of hydrogen-bond acceptors (Lipinski definition) is 2. The summed E-state index contributed by atoms with van der Waals surface area (Å²) in [6.07, 6.45) is 5.65. The molecule has 2 atom stereocenters. The smallest absolute Gasteiger partial charge is 0.317 e. The normalized spacial score (nSPS) is 32.9. The fraction of sp³-hybridized carbons (Fsp3) is 0.917. The fourth-order valence-corrected chi connectivity index (χ4v) is 2.97. The molecule has 2 fully saturated rings. The first-order valence-corrected chi connectivity index (χ1v) is 6.35. The van der Waals surface area contributed by atoms with Gasteiger partial charge in [-0.2, -0.15) is 0 Å². The van der Waals surface area contributed by atoms with Gasteiger partial charge in [-0.3, -0.25) is 0 Å². The van der Waals surface area contributed by atoms with Crippen LogP contribution in [0.3, 0.4) is 0 Å². The minimum absolute atomic E-state index is 0.129. The summed E-state index contributed by atoms with van der Waals surface area (Å²) < 4.78 is 5.42. The van der Waals surface area contributed by atoms with E-state index in [0.717, 1.165) is 38.6 Å². The number of rotatable bonds is 3. The van der Waals surface area contributed by atoms with Crippen molar-refractivity contribution in [3.63, 3.8) is 0 Å². The maximum Gasteiger partial charge on any atom is 0.317 e. The monoisotopic (exact) mass is 226 g/mol. The summed E-state index contributed by atoms with van der Waals surface area (Å²) in [4.78, 5) is 14.0. The lowest BCUT2D eigenvalue weighted by Crippen LogP contribution is -2.52. The molecule has 2 unspecified atom stereocenters. The van der Waals surface area contributed by atoms with Gasteiger partial charge in [0.25, 0.3) is 0 Å². The highest BCUT2D eigenvalue weighted by atomic mass is 16.5. The zero-order valence-corrected chi connectivity index (χ0v) is 10.2. The Balaban J connectivity index is 1.94. The summed E-state index contributed by atoms with van der Waals surface area (Å²) in [6.45, 7) is 2.86. The summed E-state index contributed by atoms with van der Waals surface area (Å²) in [5.74, 6) is 0. The number of nitrogens with one attached hydrogen (secondary N) is 1. The van der Waals surface area contributed by atoms with Crippen LogP contribution in [0.15, 0.2) is 0 Å². The molecule has 0 aromatic rings. The molecule has 16 heavy (non-hydrogen) atoms. The molecule has 1 N–H and O–H groups in total. The van der Waals surface area contributed by atoms with Crippen LogP contribution in [0.2, 0.25) is 0 Å². The molecule has 4 nitrogen and oxygen atoms in total. The molecule has 2 bridgehead atoms. The van der Waals surface area contributed by atoms with Crippen molar-refractivity contribution < 1.29 is 9.53 Å². The largest absolute Gasteiger partial charge is 0.381 e. The van der Waals surface area contributed by atoms with Gasteiger partial charge < -0.3 is 15.0 Å². The van der Waals surface area contributed by atoms with Gasteiger partial charge in [0.15, 0.2) is 0 Å². The number of fused-ring (bicyclic) bond motifs is 2. The Labute approximate surface area is 97.3 Å². The average Bonchev–Trinajstić information content (AvgIpc) is 2.57. The lowest BCUT2D eigenvalue weighted by Gasteiger charge is -2.38. The van der Waals surface area contributed by atoms with E-state index in [1.807, 2.05) is 0 Å². The zero-order chi connectivity index (χ0) is 11.5. The molecule has 0 radical (unpaired) electrons. The molecule has 4 heteroatoms. The second kappa shape index (κ2) is 5.04. The lowest BCUT2D eigenvalue weighted by atomic mass is 10.0. The van der Waals surface area contributed by atoms with Crippen molar-refractivity contribution in [2.45, 2.75) is 57.2 Å². The molecule has 0 aromatic heterocycles. The topological polar surface area (TPSA) is 41.6 Å². The van der Waals surface area contributed by atoms with Crippen molar-refractivity contribution in [3.05, 3.63) is 0 Å². The average molecular weight is 226 g/mol. The zero-order valence-electron chi connectivity index (χ0n) is 10.2. The molecule has 2 heterocycles. The summed E-state index contributed by atoms with van der Waals surface area (Å²) in [7, 11) is 1.77. The van der Waals surface area contributed by atoms with Gasteiger partial charge in [-0.1, -0.05) is 6.92 Å². The number of amides is 2. The second-order valence-electron chi connectivity index (χ2n) is 4.85. The van der Waals surface area contributed by atoms with Gasteiger partial charge in [0.05, 0.1) is 6.10 Å². The first kappa shape index (κ1) is 11.7. The highest BCUT2D eigenvalue weighted by Gasteiger charge is 2.43. The quantitative estimate of drug-likeness (QED) is 0.796. The number of piperidine rings is 1. The van der Waals surface area contributed by atoms with E-state index in [-0.39, 0.29) is 6.03 Å². The van der Waals surface area contributed by atoms with Crippen LogP contribution in [-0.4, -0.2) is 42.8 Å². The van der Waals surface area contributed by atoms with E-state index in [2.05, 4.69) is 17.1 Å². The second-order valence-corrected chi connectivity index (χ2v) is 4.85. The first-order valence-electron chi connectivity index (χ1n) is 6.35. The molecule has 0 spiro atoms. The standard InChI is InChI=1S/C12H22N2O2/c1-3-6-13-12(15)14-9-4-5-10(14)8-11(7-9)16-2/h9-11H,3-8H2,1-2H3,(H,13,15).